The zero-order chi connectivity index (χ0) is 12.2. The van der Waals surface area contributed by atoms with Crippen LogP contribution in [0.15, 0.2) is 36.9 Å². The molecule has 1 rings (SSSR count). The first-order chi connectivity index (χ1) is 7.46. The van der Waals surface area contributed by atoms with Crippen molar-refractivity contribution in [2.24, 2.45) is 0 Å². The molecule has 0 fully saturated rings. The number of hydrogen-bond donors (Lipinski definition) is 0. The Morgan fingerprint density at radius 1 is 1.44 bits per heavy atom. The Bertz CT molecular complexity index is 402. The predicted octanol–water partition coefficient (Wildman–Crippen LogP) is 2.80. The van der Waals surface area contributed by atoms with Gasteiger partial charge in [-0.2, -0.15) is 8.78 Å². The molecule has 0 saturated heterocycles. The summed E-state index contributed by atoms with van der Waals surface area (Å²) in [6.07, 6.45) is 0.363. The molecule has 0 aromatic heterocycles. The molecule has 0 unspecified atom stereocenters. The highest BCUT2D eigenvalue weighted by molar-refractivity contribution is 5.89. The minimum atomic E-state index is -3.30. The van der Waals surface area contributed by atoms with Crippen molar-refractivity contribution in [1.82, 2.24) is 0 Å². The minimum absolute atomic E-state index is 0.363. The topological polar surface area (TPSA) is 26.3 Å². The Morgan fingerprint density at radius 2 is 2.06 bits per heavy atom. The minimum Gasteiger partial charge on any atom is -0.455 e. The van der Waals surface area contributed by atoms with E-state index in [0.717, 1.165) is 12.1 Å². The molecule has 86 valence electrons. The first kappa shape index (κ1) is 12.3. The standard InChI is InChI=1S/C11H9F3O2/c1-2-11(13,14)7-16-10(15)8-5-3-4-6-9(8)12/h2-6H,1,7H2. The van der Waals surface area contributed by atoms with Crippen molar-refractivity contribution in [1.29, 1.82) is 0 Å². The molecule has 16 heavy (non-hydrogen) atoms. The monoisotopic (exact) mass is 230 g/mol. The van der Waals surface area contributed by atoms with Gasteiger partial charge in [0.1, 0.15) is 5.82 Å². The van der Waals surface area contributed by atoms with Crippen molar-refractivity contribution in [2.75, 3.05) is 6.61 Å². The van der Waals surface area contributed by atoms with E-state index < -0.39 is 24.3 Å². The quantitative estimate of drug-likeness (QED) is 0.587. The molecule has 0 bridgehead atoms. The fourth-order valence-electron chi connectivity index (χ4n) is 0.925. The third-order valence-electron chi connectivity index (χ3n) is 1.79. The van der Waals surface area contributed by atoms with E-state index in [1.165, 1.54) is 12.1 Å². The van der Waals surface area contributed by atoms with Crippen LogP contribution >= 0.6 is 0 Å². The summed E-state index contributed by atoms with van der Waals surface area (Å²) < 4.78 is 42.6. The largest absolute Gasteiger partial charge is 0.455 e. The summed E-state index contributed by atoms with van der Waals surface area (Å²) in [6, 6.07) is 4.99. The molecule has 0 spiro atoms. The van der Waals surface area contributed by atoms with E-state index in [-0.39, 0.29) is 5.56 Å². The number of hydrogen-bond acceptors (Lipinski definition) is 2. The molecule has 0 aliphatic rings. The Hall–Kier alpha value is -1.78. The summed E-state index contributed by atoms with van der Waals surface area (Å²) in [5.74, 6) is -5.24. The maximum atomic E-state index is 13.0. The van der Waals surface area contributed by atoms with E-state index in [2.05, 4.69) is 11.3 Å². The molecule has 0 N–H and O–H groups in total. The molecule has 2 nitrogen and oxygen atoms in total. The molecule has 1 aromatic rings. The molecular weight excluding hydrogens is 221 g/mol. The molecule has 0 aliphatic heterocycles. The fourth-order valence-corrected chi connectivity index (χ4v) is 0.925. The highest BCUT2D eigenvalue weighted by Gasteiger charge is 2.27. The number of benzene rings is 1. The van der Waals surface area contributed by atoms with Gasteiger partial charge in [0.05, 0.1) is 5.56 Å². The lowest BCUT2D eigenvalue weighted by Crippen LogP contribution is -2.23. The van der Waals surface area contributed by atoms with Crippen molar-refractivity contribution in [3.05, 3.63) is 48.3 Å². The van der Waals surface area contributed by atoms with Crippen molar-refractivity contribution < 1.29 is 22.7 Å². The summed E-state index contributed by atoms with van der Waals surface area (Å²) in [5.41, 5.74) is -0.373. The summed E-state index contributed by atoms with van der Waals surface area (Å²) in [4.78, 5) is 11.2. The Balaban J connectivity index is 2.67. The van der Waals surface area contributed by atoms with Crippen LogP contribution in [0.3, 0.4) is 0 Å². The van der Waals surface area contributed by atoms with Crippen LogP contribution in [-0.2, 0) is 4.74 Å². The Kier molecular flexibility index (Phi) is 3.71. The summed E-state index contributed by atoms with van der Waals surface area (Å²) in [7, 11) is 0. The number of halogens is 3. The summed E-state index contributed by atoms with van der Waals surface area (Å²) in [6.45, 7) is 1.74. The molecule has 0 aliphatic carbocycles. The maximum absolute atomic E-state index is 13.0. The summed E-state index contributed by atoms with van der Waals surface area (Å²) >= 11 is 0. The molecule has 0 atom stereocenters. The van der Waals surface area contributed by atoms with Gasteiger partial charge in [-0.25, -0.2) is 9.18 Å². The van der Waals surface area contributed by atoms with Crippen LogP contribution in [0.2, 0.25) is 0 Å². The molecule has 0 amide bonds. The number of rotatable bonds is 4. The van der Waals surface area contributed by atoms with Gasteiger partial charge in [0, 0.05) is 0 Å². The maximum Gasteiger partial charge on any atom is 0.341 e. The van der Waals surface area contributed by atoms with Gasteiger partial charge < -0.3 is 4.74 Å². The number of carbonyl (C=O) groups is 1. The van der Waals surface area contributed by atoms with E-state index >= 15 is 0 Å². The molecule has 0 saturated carbocycles. The van der Waals surface area contributed by atoms with Gasteiger partial charge in [-0.15, -0.1) is 0 Å². The zero-order valence-electron chi connectivity index (χ0n) is 8.25. The zero-order valence-corrected chi connectivity index (χ0v) is 8.25. The predicted molar refractivity (Wildman–Crippen MR) is 51.8 cm³/mol. The van der Waals surface area contributed by atoms with Gasteiger partial charge in [-0.1, -0.05) is 18.7 Å². The van der Waals surface area contributed by atoms with Crippen LogP contribution in [0.5, 0.6) is 0 Å². The molecular formula is C11H9F3O2. The SMILES string of the molecule is C=CC(F)(F)COC(=O)c1ccccc1F. The van der Waals surface area contributed by atoms with Crippen molar-refractivity contribution in [3.63, 3.8) is 0 Å². The molecule has 0 radical (unpaired) electrons. The smallest absolute Gasteiger partial charge is 0.341 e. The second-order valence-electron chi connectivity index (χ2n) is 3.02. The Morgan fingerprint density at radius 3 is 2.62 bits per heavy atom. The second-order valence-corrected chi connectivity index (χ2v) is 3.02. The van der Waals surface area contributed by atoms with Gasteiger partial charge in [0.2, 0.25) is 0 Å². The average molecular weight is 230 g/mol. The second kappa shape index (κ2) is 4.83. The van der Waals surface area contributed by atoms with Crippen LogP contribution in [0.1, 0.15) is 10.4 Å². The van der Waals surface area contributed by atoms with Gasteiger partial charge in [0.25, 0.3) is 5.92 Å². The lowest BCUT2D eigenvalue weighted by atomic mass is 10.2. The number of ether oxygens (including phenoxy) is 1. The van der Waals surface area contributed by atoms with Crippen LogP contribution < -0.4 is 0 Å². The molecule has 0 heterocycles. The normalized spacial score (nSPS) is 10.9. The van der Waals surface area contributed by atoms with Crippen LogP contribution in [0.4, 0.5) is 13.2 Å². The third kappa shape index (κ3) is 3.12. The highest BCUT2D eigenvalue weighted by Crippen LogP contribution is 2.16. The van der Waals surface area contributed by atoms with Gasteiger partial charge in [-0.3, -0.25) is 0 Å². The summed E-state index contributed by atoms with van der Waals surface area (Å²) in [5, 5.41) is 0. The average Bonchev–Trinajstić information content (AvgIpc) is 2.27. The van der Waals surface area contributed by atoms with E-state index in [4.69, 9.17) is 0 Å². The number of esters is 1. The number of carbonyl (C=O) groups excluding carboxylic acids is 1. The Labute approximate surface area is 90.3 Å². The van der Waals surface area contributed by atoms with E-state index in [9.17, 15) is 18.0 Å². The first-order valence-corrected chi connectivity index (χ1v) is 4.39. The van der Waals surface area contributed by atoms with Crippen LogP contribution in [0, 0.1) is 5.82 Å². The number of alkyl halides is 2. The fraction of sp³-hybridized carbons (Fsp3) is 0.182. The van der Waals surface area contributed by atoms with E-state index in [1.807, 2.05) is 0 Å². The van der Waals surface area contributed by atoms with Crippen molar-refractivity contribution in [3.8, 4) is 0 Å². The van der Waals surface area contributed by atoms with E-state index in [0.29, 0.717) is 6.08 Å². The molecule has 5 heteroatoms. The van der Waals surface area contributed by atoms with Gasteiger partial charge in [0.15, 0.2) is 6.61 Å². The third-order valence-corrected chi connectivity index (χ3v) is 1.79. The lowest BCUT2D eigenvalue weighted by molar-refractivity contribution is -0.0260. The van der Waals surface area contributed by atoms with Crippen molar-refractivity contribution in [2.45, 2.75) is 5.92 Å². The van der Waals surface area contributed by atoms with Crippen LogP contribution in [-0.4, -0.2) is 18.5 Å². The van der Waals surface area contributed by atoms with Gasteiger partial charge >= 0.3 is 5.97 Å². The highest BCUT2D eigenvalue weighted by atomic mass is 19.3. The molecule has 1 aromatic carbocycles. The van der Waals surface area contributed by atoms with Gasteiger partial charge in [-0.05, 0) is 18.2 Å². The first-order valence-electron chi connectivity index (χ1n) is 4.39. The van der Waals surface area contributed by atoms with E-state index in [1.54, 1.807) is 0 Å². The lowest BCUT2D eigenvalue weighted by Gasteiger charge is -2.11. The van der Waals surface area contributed by atoms with Crippen LogP contribution in [0.25, 0.3) is 0 Å². The van der Waals surface area contributed by atoms with Crippen molar-refractivity contribution >= 4 is 5.97 Å².